The van der Waals surface area contributed by atoms with Crippen LogP contribution in [0.4, 0.5) is 5.13 Å². The van der Waals surface area contributed by atoms with E-state index in [-0.39, 0.29) is 11.8 Å². The highest BCUT2D eigenvalue weighted by Crippen LogP contribution is 2.38. The molecule has 0 saturated carbocycles. The molecule has 3 aromatic rings. The molecule has 5 rings (SSSR count). The number of amides is 1. The lowest BCUT2D eigenvalue weighted by Crippen LogP contribution is -2.21. The first kappa shape index (κ1) is 19.8. The molecule has 1 saturated heterocycles. The third kappa shape index (κ3) is 4.21. The van der Waals surface area contributed by atoms with E-state index in [9.17, 15) is 4.79 Å². The zero-order valence-electron chi connectivity index (χ0n) is 17.1. The maximum atomic E-state index is 12.4. The zero-order chi connectivity index (χ0) is 21.2. The van der Waals surface area contributed by atoms with Crippen LogP contribution >= 0.6 is 11.3 Å². The predicted molar refractivity (Wildman–Crippen MR) is 115 cm³/mol. The number of aromatic amines is 1. The number of hydrogen-bond donors (Lipinski definition) is 2. The first-order chi connectivity index (χ1) is 15.2. The Morgan fingerprint density at radius 2 is 2.16 bits per heavy atom. The third-order valence-electron chi connectivity index (χ3n) is 5.53. The lowest BCUT2D eigenvalue weighted by atomic mass is 10.0. The van der Waals surface area contributed by atoms with Crippen LogP contribution in [0.15, 0.2) is 29.8 Å². The highest BCUT2D eigenvalue weighted by atomic mass is 32.1. The zero-order valence-corrected chi connectivity index (χ0v) is 17.9. The van der Waals surface area contributed by atoms with Crippen molar-refractivity contribution in [3.8, 4) is 17.2 Å². The van der Waals surface area contributed by atoms with Gasteiger partial charge < -0.3 is 14.2 Å². The molecule has 2 aliphatic rings. The quantitative estimate of drug-likeness (QED) is 0.606. The van der Waals surface area contributed by atoms with Crippen molar-refractivity contribution in [3.63, 3.8) is 0 Å². The van der Waals surface area contributed by atoms with E-state index in [4.69, 9.17) is 14.2 Å². The maximum absolute atomic E-state index is 12.4. The molecular weight excluding hydrogens is 418 g/mol. The van der Waals surface area contributed by atoms with Crippen molar-refractivity contribution in [3.05, 3.63) is 46.7 Å². The molecule has 9 nitrogen and oxygen atoms in total. The Bertz CT molecular complexity index is 1070. The molecule has 0 aliphatic carbocycles. The maximum Gasteiger partial charge on any atom is 0.277 e. The number of nitrogens with one attached hydrogen (secondary N) is 2. The van der Waals surface area contributed by atoms with Gasteiger partial charge in [-0.15, -0.1) is 11.3 Å². The topological polar surface area (TPSA) is 102 Å². The minimum absolute atomic E-state index is 0.256. The van der Waals surface area contributed by atoms with Gasteiger partial charge in [0.1, 0.15) is 19.0 Å². The van der Waals surface area contributed by atoms with Crippen molar-refractivity contribution in [2.24, 2.45) is 0 Å². The van der Waals surface area contributed by atoms with Gasteiger partial charge in [-0.3, -0.25) is 20.1 Å². The number of rotatable bonds is 6. The summed E-state index contributed by atoms with van der Waals surface area (Å²) in [4.78, 5) is 18.8. The van der Waals surface area contributed by atoms with E-state index in [1.165, 1.54) is 11.3 Å². The molecule has 2 aromatic heterocycles. The second-order valence-electron chi connectivity index (χ2n) is 7.53. The largest absolute Gasteiger partial charge is 0.496 e. The van der Waals surface area contributed by atoms with Gasteiger partial charge in [0.25, 0.3) is 5.91 Å². The number of likely N-dealkylation sites (tertiary alicyclic amines) is 1. The smallest absolute Gasteiger partial charge is 0.277 e. The minimum atomic E-state index is -0.256. The van der Waals surface area contributed by atoms with Gasteiger partial charge in [-0.25, -0.2) is 4.98 Å². The van der Waals surface area contributed by atoms with Crippen molar-refractivity contribution >= 4 is 22.4 Å². The molecule has 0 spiro atoms. The summed E-state index contributed by atoms with van der Waals surface area (Å²) < 4.78 is 17.0. The molecule has 2 aliphatic heterocycles. The number of benzene rings is 1. The molecule has 0 radical (unpaired) electrons. The Labute approximate surface area is 183 Å². The number of aromatic nitrogens is 3. The molecule has 1 fully saturated rings. The molecule has 162 valence electrons. The molecule has 0 unspecified atom stereocenters. The Kier molecular flexibility index (Phi) is 5.47. The average Bonchev–Trinajstić information content (AvgIpc) is 3.55. The summed E-state index contributed by atoms with van der Waals surface area (Å²) in [5.41, 5.74) is 2.42. The van der Waals surface area contributed by atoms with Gasteiger partial charge in [0.2, 0.25) is 0 Å². The highest BCUT2D eigenvalue weighted by molar-refractivity contribution is 7.13. The molecule has 31 heavy (non-hydrogen) atoms. The van der Waals surface area contributed by atoms with Crippen LogP contribution < -0.4 is 19.5 Å². The Morgan fingerprint density at radius 1 is 1.32 bits per heavy atom. The standard InChI is InChI=1S/C21H23N5O4S/c1-28-17-10-19-18(29-5-6-30-19)8-14(17)12-26-4-2-13(11-26)15-9-16(25-24-15)20(27)23-21-22-3-7-31-21/h3,7-10,13H,2,4-6,11-12H2,1H3,(H,24,25)(H,22,23,27)/t13-/m0/s1. The second-order valence-corrected chi connectivity index (χ2v) is 8.42. The number of carbonyl (C=O) groups is 1. The molecule has 10 heteroatoms. The summed E-state index contributed by atoms with van der Waals surface area (Å²) in [6.45, 7) is 3.68. The van der Waals surface area contributed by atoms with Gasteiger partial charge in [0, 0.05) is 47.9 Å². The summed E-state index contributed by atoms with van der Waals surface area (Å²) in [6.07, 6.45) is 2.64. The van der Waals surface area contributed by atoms with Crippen molar-refractivity contribution in [1.29, 1.82) is 0 Å². The summed E-state index contributed by atoms with van der Waals surface area (Å²) in [6, 6.07) is 5.75. The van der Waals surface area contributed by atoms with E-state index in [0.29, 0.717) is 24.0 Å². The van der Waals surface area contributed by atoms with Gasteiger partial charge in [-0.2, -0.15) is 5.10 Å². The van der Waals surface area contributed by atoms with E-state index in [1.54, 1.807) is 13.3 Å². The SMILES string of the molecule is COc1cc2c(cc1CN1CC[C@H](c3cc(C(=O)Nc4nccs4)n[nH]3)C1)OCCO2. The second kappa shape index (κ2) is 8.56. The number of anilines is 1. The Hall–Kier alpha value is -3.11. The number of carbonyl (C=O) groups excluding carboxylic acids is 1. The number of fused-ring (bicyclic) bond motifs is 1. The van der Waals surface area contributed by atoms with E-state index in [1.807, 2.05) is 23.6 Å². The number of nitrogens with zero attached hydrogens (tertiary/aromatic N) is 3. The average molecular weight is 442 g/mol. The van der Waals surface area contributed by atoms with Gasteiger partial charge in [0.15, 0.2) is 22.3 Å². The fourth-order valence-corrected chi connectivity index (χ4v) is 4.53. The number of methoxy groups -OCH3 is 1. The predicted octanol–water partition coefficient (Wildman–Crippen LogP) is 2.89. The number of ether oxygens (including phenoxy) is 3. The lowest BCUT2D eigenvalue weighted by molar-refractivity contribution is 0.102. The minimum Gasteiger partial charge on any atom is -0.496 e. The monoisotopic (exact) mass is 441 g/mol. The van der Waals surface area contributed by atoms with Crippen LogP contribution in [-0.2, 0) is 6.54 Å². The van der Waals surface area contributed by atoms with Crippen molar-refractivity contribution in [1.82, 2.24) is 20.1 Å². The molecular formula is C21H23N5O4S. The first-order valence-corrected chi connectivity index (χ1v) is 11.0. The van der Waals surface area contributed by atoms with Gasteiger partial charge in [-0.1, -0.05) is 0 Å². The summed E-state index contributed by atoms with van der Waals surface area (Å²) in [5.74, 6) is 2.33. The van der Waals surface area contributed by atoms with Crippen molar-refractivity contribution in [2.45, 2.75) is 18.9 Å². The van der Waals surface area contributed by atoms with E-state index < -0.39 is 0 Å². The molecule has 4 heterocycles. The molecule has 0 bridgehead atoms. The summed E-state index contributed by atoms with van der Waals surface area (Å²) in [7, 11) is 1.67. The van der Waals surface area contributed by atoms with Crippen LogP contribution in [0.1, 0.15) is 34.1 Å². The summed E-state index contributed by atoms with van der Waals surface area (Å²) in [5, 5.41) is 12.4. The fourth-order valence-electron chi connectivity index (χ4n) is 4.01. The molecule has 1 amide bonds. The first-order valence-electron chi connectivity index (χ1n) is 10.1. The van der Waals surface area contributed by atoms with E-state index >= 15 is 0 Å². The number of hydrogen-bond acceptors (Lipinski definition) is 8. The Balaban J connectivity index is 1.24. The molecule has 1 atom stereocenters. The van der Waals surface area contributed by atoms with Gasteiger partial charge in [-0.05, 0) is 25.1 Å². The van der Waals surface area contributed by atoms with Gasteiger partial charge in [0.05, 0.1) is 7.11 Å². The van der Waals surface area contributed by atoms with Crippen LogP contribution in [-0.4, -0.2) is 59.4 Å². The molecule has 1 aromatic carbocycles. The van der Waals surface area contributed by atoms with Crippen LogP contribution in [0.3, 0.4) is 0 Å². The van der Waals surface area contributed by atoms with E-state index in [2.05, 4.69) is 25.4 Å². The van der Waals surface area contributed by atoms with Crippen LogP contribution in [0.25, 0.3) is 0 Å². The van der Waals surface area contributed by atoms with Crippen LogP contribution in [0.2, 0.25) is 0 Å². The number of H-pyrrole nitrogens is 1. The van der Waals surface area contributed by atoms with E-state index in [0.717, 1.165) is 54.6 Å². The highest BCUT2D eigenvalue weighted by Gasteiger charge is 2.27. The molecule has 2 N–H and O–H groups in total. The van der Waals surface area contributed by atoms with Crippen molar-refractivity contribution < 1.29 is 19.0 Å². The van der Waals surface area contributed by atoms with Crippen LogP contribution in [0.5, 0.6) is 17.2 Å². The van der Waals surface area contributed by atoms with Crippen LogP contribution in [0, 0.1) is 0 Å². The summed E-state index contributed by atoms with van der Waals surface area (Å²) >= 11 is 1.38. The fraction of sp³-hybridized carbons (Fsp3) is 0.381. The lowest BCUT2D eigenvalue weighted by Gasteiger charge is -2.23. The van der Waals surface area contributed by atoms with Gasteiger partial charge >= 0.3 is 0 Å². The normalized spacial score (nSPS) is 18.2. The van der Waals surface area contributed by atoms with Crippen molar-refractivity contribution in [2.75, 3.05) is 38.7 Å². The Morgan fingerprint density at radius 3 is 2.94 bits per heavy atom. The third-order valence-corrected chi connectivity index (χ3v) is 6.22. The number of thiazole rings is 1.